The molecule has 0 unspecified atom stereocenters. The molecule has 128 valence electrons. The summed E-state index contributed by atoms with van der Waals surface area (Å²) in [7, 11) is 0. The van der Waals surface area contributed by atoms with Crippen LogP contribution in [0.5, 0.6) is 5.75 Å². The second-order valence-corrected chi connectivity index (χ2v) is 6.76. The molecule has 3 aromatic carbocycles. The van der Waals surface area contributed by atoms with Crippen molar-refractivity contribution in [3.63, 3.8) is 0 Å². The van der Waals surface area contributed by atoms with Crippen LogP contribution < -0.4 is 4.74 Å². The summed E-state index contributed by atoms with van der Waals surface area (Å²) in [5.74, 6) is 0.736. The molecule has 4 rings (SSSR count). The number of rotatable bonds is 5. The summed E-state index contributed by atoms with van der Waals surface area (Å²) in [6.07, 6.45) is 0. The van der Waals surface area contributed by atoms with Gasteiger partial charge in [-0.2, -0.15) is 0 Å². The summed E-state index contributed by atoms with van der Waals surface area (Å²) < 4.78 is 6.99. The highest BCUT2D eigenvalue weighted by molar-refractivity contribution is 7.21. The van der Waals surface area contributed by atoms with Crippen LogP contribution in [0.2, 0.25) is 0 Å². The van der Waals surface area contributed by atoms with Crippen molar-refractivity contribution in [2.24, 2.45) is 0 Å². The highest BCUT2D eigenvalue weighted by atomic mass is 32.1. The van der Waals surface area contributed by atoms with E-state index in [0.717, 1.165) is 32.1 Å². The van der Waals surface area contributed by atoms with Gasteiger partial charge in [0.25, 0.3) is 5.69 Å². The summed E-state index contributed by atoms with van der Waals surface area (Å²) in [6, 6.07) is 22.2. The minimum atomic E-state index is -0.411. The average molecular weight is 362 g/mol. The maximum Gasteiger partial charge on any atom is 0.269 e. The first kappa shape index (κ1) is 16.2. The number of fused-ring (bicyclic) bond motifs is 1. The van der Waals surface area contributed by atoms with E-state index < -0.39 is 4.92 Å². The molecule has 0 fully saturated rings. The normalized spacial score (nSPS) is 10.8. The van der Waals surface area contributed by atoms with Gasteiger partial charge in [0.05, 0.1) is 15.1 Å². The number of nitrogens with zero attached hydrogens (tertiary/aromatic N) is 2. The first-order valence-electron chi connectivity index (χ1n) is 8.01. The van der Waals surface area contributed by atoms with Crippen LogP contribution >= 0.6 is 11.3 Å². The Morgan fingerprint density at radius 2 is 1.81 bits per heavy atom. The molecule has 0 saturated carbocycles. The van der Waals surface area contributed by atoms with Gasteiger partial charge in [0.1, 0.15) is 17.4 Å². The molecule has 1 heterocycles. The van der Waals surface area contributed by atoms with Crippen LogP contribution in [0.4, 0.5) is 5.69 Å². The molecule has 0 bridgehead atoms. The molecule has 6 heteroatoms. The summed E-state index contributed by atoms with van der Waals surface area (Å²) in [5, 5.41) is 11.6. The predicted molar refractivity (Wildman–Crippen MR) is 102 cm³/mol. The van der Waals surface area contributed by atoms with Crippen LogP contribution in [0.15, 0.2) is 72.8 Å². The number of non-ortho nitro benzene ring substituents is 1. The lowest BCUT2D eigenvalue weighted by atomic mass is 10.2. The third-order valence-corrected chi connectivity index (χ3v) is 5.01. The molecular formula is C20H14N2O3S. The van der Waals surface area contributed by atoms with E-state index in [2.05, 4.69) is 11.1 Å². The molecule has 0 aliphatic heterocycles. The largest absolute Gasteiger partial charge is 0.489 e. The van der Waals surface area contributed by atoms with Crippen LogP contribution in [0, 0.1) is 10.1 Å². The number of hydrogen-bond donors (Lipinski definition) is 0. The van der Waals surface area contributed by atoms with Gasteiger partial charge in [-0.25, -0.2) is 4.98 Å². The zero-order valence-corrected chi connectivity index (χ0v) is 14.5. The number of nitro benzene ring substituents is 1. The standard InChI is InChI=1S/C20H14N2O3S/c23-22(24)16-10-8-14(9-11-16)13-25-17-5-3-4-15(12-17)20-21-18-6-1-2-7-19(18)26-20/h1-12H,13H2. The van der Waals surface area contributed by atoms with Crippen LogP contribution in [0.1, 0.15) is 5.56 Å². The number of aromatic nitrogens is 1. The Hall–Kier alpha value is -3.25. The van der Waals surface area contributed by atoms with Crippen LogP contribution in [-0.4, -0.2) is 9.91 Å². The molecule has 1 aromatic heterocycles. The number of nitro groups is 1. The second-order valence-electron chi connectivity index (χ2n) is 5.73. The number of benzene rings is 3. The van der Waals surface area contributed by atoms with Crippen molar-refractivity contribution >= 4 is 27.2 Å². The van der Waals surface area contributed by atoms with E-state index in [0.29, 0.717) is 6.61 Å². The molecule has 0 aliphatic carbocycles. The fourth-order valence-corrected chi connectivity index (χ4v) is 3.56. The van der Waals surface area contributed by atoms with Gasteiger partial charge in [-0.05, 0) is 42.0 Å². The van der Waals surface area contributed by atoms with E-state index >= 15 is 0 Å². The Kier molecular flexibility index (Phi) is 4.33. The predicted octanol–water partition coefficient (Wildman–Crippen LogP) is 5.45. The van der Waals surface area contributed by atoms with Crippen molar-refractivity contribution in [2.45, 2.75) is 6.61 Å². The first-order valence-corrected chi connectivity index (χ1v) is 8.83. The topological polar surface area (TPSA) is 65.3 Å². The fraction of sp³-hybridized carbons (Fsp3) is 0.0500. The molecule has 0 saturated heterocycles. The van der Waals surface area contributed by atoms with Gasteiger partial charge >= 0.3 is 0 Å². The molecule has 26 heavy (non-hydrogen) atoms. The van der Waals surface area contributed by atoms with Crippen LogP contribution in [0.3, 0.4) is 0 Å². The molecule has 0 N–H and O–H groups in total. The maximum atomic E-state index is 10.7. The number of para-hydroxylation sites is 1. The van der Waals surface area contributed by atoms with Gasteiger partial charge < -0.3 is 4.74 Å². The zero-order valence-electron chi connectivity index (χ0n) is 13.7. The molecular weight excluding hydrogens is 348 g/mol. The van der Waals surface area contributed by atoms with Crippen molar-refractivity contribution in [3.05, 3.63) is 88.5 Å². The second kappa shape index (κ2) is 6.93. The van der Waals surface area contributed by atoms with E-state index in [1.54, 1.807) is 23.5 Å². The van der Waals surface area contributed by atoms with Crippen LogP contribution in [0.25, 0.3) is 20.8 Å². The van der Waals surface area contributed by atoms with Crippen molar-refractivity contribution in [1.82, 2.24) is 4.98 Å². The van der Waals surface area contributed by atoms with Gasteiger partial charge in [0.15, 0.2) is 0 Å². The smallest absolute Gasteiger partial charge is 0.269 e. The van der Waals surface area contributed by atoms with Gasteiger partial charge in [0.2, 0.25) is 0 Å². The third-order valence-electron chi connectivity index (χ3n) is 3.93. The fourth-order valence-electron chi connectivity index (χ4n) is 2.60. The Bertz CT molecular complexity index is 1040. The molecule has 5 nitrogen and oxygen atoms in total. The van der Waals surface area contributed by atoms with Crippen molar-refractivity contribution in [3.8, 4) is 16.3 Å². The highest BCUT2D eigenvalue weighted by Gasteiger charge is 2.08. The average Bonchev–Trinajstić information content (AvgIpc) is 3.11. The molecule has 0 atom stereocenters. The quantitative estimate of drug-likeness (QED) is 0.350. The van der Waals surface area contributed by atoms with E-state index in [9.17, 15) is 10.1 Å². The summed E-state index contributed by atoms with van der Waals surface area (Å²) in [5.41, 5.74) is 2.95. The Morgan fingerprint density at radius 3 is 2.58 bits per heavy atom. The SMILES string of the molecule is O=[N+]([O-])c1ccc(COc2cccc(-c3nc4ccccc4s3)c2)cc1. The molecule has 0 aliphatic rings. The first-order chi connectivity index (χ1) is 12.7. The molecule has 0 amide bonds. The monoisotopic (exact) mass is 362 g/mol. The lowest BCUT2D eigenvalue weighted by Crippen LogP contribution is -1.96. The van der Waals surface area contributed by atoms with Crippen molar-refractivity contribution in [2.75, 3.05) is 0 Å². The van der Waals surface area contributed by atoms with E-state index in [1.807, 2.05) is 42.5 Å². The Labute approximate surface area is 153 Å². The van der Waals surface area contributed by atoms with Gasteiger partial charge in [-0.1, -0.05) is 24.3 Å². The summed E-state index contributed by atoms with van der Waals surface area (Å²) in [4.78, 5) is 15.0. The minimum Gasteiger partial charge on any atom is -0.489 e. The van der Waals surface area contributed by atoms with Gasteiger partial charge in [0, 0.05) is 17.7 Å². The maximum absolute atomic E-state index is 10.7. The lowest BCUT2D eigenvalue weighted by Gasteiger charge is -2.07. The summed E-state index contributed by atoms with van der Waals surface area (Å²) >= 11 is 1.65. The van der Waals surface area contributed by atoms with Crippen molar-refractivity contribution in [1.29, 1.82) is 0 Å². The summed E-state index contributed by atoms with van der Waals surface area (Å²) in [6.45, 7) is 0.349. The Morgan fingerprint density at radius 1 is 1.00 bits per heavy atom. The third kappa shape index (κ3) is 3.41. The Balaban J connectivity index is 1.51. The van der Waals surface area contributed by atoms with Gasteiger partial charge in [-0.3, -0.25) is 10.1 Å². The number of hydrogen-bond acceptors (Lipinski definition) is 5. The van der Waals surface area contributed by atoms with E-state index in [1.165, 1.54) is 12.1 Å². The van der Waals surface area contributed by atoms with E-state index in [-0.39, 0.29) is 5.69 Å². The number of ether oxygens (including phenoxy) is 1. The molecule has 4 aromatic rings. The van der Waals surface area contributed by atoms with Gasteiger partial charge in [-0.15, -0.1) is 11.3 Å². The zero-order chi connectivity index (χ0) is 17.9. The minimum absolute atomic E-state index is 0.0755. The lowest BCUT2D eigenvalue weighted by molar-refractivity contribution is -0.384. The van der Waals surface area contributed by atoms with Crippen LogP contribution in [-0.2, 0) is 6.61 Å². The molecule has 0 spiro atoms. The van der Waals surface area contributed by atoms with Crippen molar-refractivity contribution < 1.29 is 9.66 Å². The highest BCUT2D eigenvalue weighted by Crippen LogP contribution is 2.31. The molecule has 0 radical (unpaired) electrons. The van der Waals surface area contributed by atoms with E-state index in [4.69, 9.17) is 4.74 Å². The number of thiazole rings is 1.